The first-order chi connectivity index (χ1) is 7.21. The minimum absolute atomic E-state index is 0.203. The van der Waals surface area contributed by atoms with Gasteiger partial charge in [0.25, 0.3) is 5.92 Å². The molecule has 1 rings (SSSR count). The first-order valence-electron chi connectivity index (χ1n) is 4.57. The number of carboxylic acid groups (broad SMARTS) is 1. The Hall–Kier alpha value is -0.970. The molecular weight excluding hydrogens is 282 g/mol. The van der Waals surface area contributed by atoms with E-state index >= 15 is 0 Å². The van der Waals surface area contributed by atoms with Crippen LogP contribution in [0.5, 0.6) is 0 Å². The molecule has 0 aliphatic carbocycles. The molecule has 0 saturated heterocycles. The van der Waals surface area contributed by atoms with Gasteiger partial charge in [-0.2, -0.15) is 0 Å². The summed E-state index contributed by atoms with van der Waals surface area (Å²) in [5.41, 5.74) is -2.47. The van der Waals surface area contributed by atoms with E-state index in [-0.39, 0.29) is 10.0 Å². The molecule has 1 N–H and O–H groups in total. The highest BCUT2D eigenvalue weighted by atomic mass is 79.9. The van der Waals surface area contributed by atoms with E-state index in [9.17, 15) is 13.6 Å². The Labute approximate surface area is 100 Å². The molecule has 1 aromatic rings. The van der Waals surface area contributed by atoms with Crippen LogP contribution < -0.4 is 0 Å². The maximum atomic E-state index is 14.0. The Morgan fingerprint density at radius 3 is 2.25 bits per heavy atom. The van der Waals surface area contributed by atoms with Gasteiger partial charge in [0.1, 0.15) is 5.41 Å². The standard InChI is InChI=1S/C11H11BrF2O2/c1-10(2,9(15)16)11(13,14)7-5-3-4-6-8(7)12/h3-6H,1-2H3,(H,15,16). The van der Waals surface area contributed by atoms with Crippen molar-refractivity contribution in [3.05, 3.63) is 34.3 Å². The summed E-state index contributed by atoms with van der Waals surface area (Å²) in [4.78, 5) is 10.9. The van der Waals surface area contributed by atoms with Crippen molar-refractivity contribution < 1.29 is 18.7 Å². The molecular formula is C11H11BrF2O2. The van der Waals surface area contributed by atoms with Crippen molar-refractivity contribution in [1.29, 1.82) is 0 Å². The van der Waals surface area contributed by atoms with Crippen LogP contribution in [-0.2, 0) is 10.7 Å². The van der Waals surface area contributed by atoms with Crippen LogP contribution in [0.4, 0.5) is 8.78 Å². The second-order valence-electron chi connectivity index (χ2n) is 3.98. The summed E-state index contributed by atoms with van der Waals surface area (Å²) in [6, 6.07) is 5.72. The average Bonchev–Trinajstić information content (AvgIpc) is 2.17. The van der Waals surface area contributed by atoms with E-state index in [0.29, 0.717) is 0 Å². The molecule has 0 aliphatic rings. The van der Waals surface area contributed by atoms with Gasteiger partial charge in [-0.3, -0.25) is 4.79 Å². The Morgan fingerprint density at radius 1 is 1.31 bits per heavy atom. The summed E-state index contributed by atoms with van der Waals surface area (Å²) in [5.74, 6) is -4.98. The third-order valence-corrected chi connectivity index (χ3v) is 3.22. The minimum atomic E-state index is -3.45. The molecule has 88 valence electrons. The average molecular weight is 293 g/mol. The Morgan fingerprint density at radius 2 is 1.81 bits per heavy atom. The Balaban J connectivity index is 3.32. The molecule has 2 nitrogen and oxygen atoms in total. The molecule has 0 aliphatic heterocycles. The SMILES string of the molecule is CC(C)(C(=O)O)C(F)(F)c1ccccc1Br. The lowest BCUT2D eigenvalue weighted by Gasteiger charge is -2.30. The number of hydrogen-bond donors (Lipinski definition) is 1. The summed E-state index contributed by atoms with van der Waals surface area (Å²) in [5, 5.41) is 8.83. The molecule has 0 spiro atoms. The Kier molecular flexibility index (Phi) is 3.38. The molecule has 5 heteroatoms. The number of aliphatic carboxylic acids is 1. The summed E-state index contributed by atoms with van der Waals surface area (Å²) in [7, 11) is 0. The highest BCUT2D eigenvalue weighted by Gasteiger charge is 2.54. The van der Waals surface area contributed by atoms with Crippen LogP contribution in [0.2, 0.25) is 0 Å². The van der Waals surface area contributed by atoms with Crippen LogP contribution in [-0.4, -0.2) is 11.1 Å². The monoisotopic (exact) mass is 292 g/mol. The topological polar surface area (TPSA) is 37.3 Å². The van der Waals surface area contributed by atoms with E-state index in [1.807, 2.05) is 0 Å². The summed E-state index contributed by atoms with van der Waals surface area (Å²) in [6.07, 6.45) is 0. The van der Waals surface area contributed by atoms with E-state index in [1.165, 1.54) is 18.2 Å². The maximum absolute atomic E-state index is 14.0. The third kappa shape index (κ3) is 1.96. The van der Waals surface area contributed by atoms with Crippen LogP contribution in [0.25, 0.3) is 0 Å². The van der Waals surface area contributed by atoms with Gasteiger partial charge in [0.2, 0.25) is 0 Å². The van der Waals surface area contributed by atoms with E-state index < -0.39 is 17.3 Å². The van der Waals surface area contributed by atoms with Crippen molar-refractivity contribution in [2.45, 2.75) is 19.8 Å². The van der Waals surface area contributed by atoms with Crippen molar-refractivity contribution >= 4 is 21.9 Å². The van der Waals surface area contributed by atoms with Gasteiger partial charge in [-0.1, -0.05) is 34.1 Å². The van der Waals surface area contributed by atoms with E-state index in [1.54, 1.807) is 6.07 Å². The van der Waals surface area contributed by atoms with Crippen molar-refractivity contribution in [1.82, 2.24) is 0 Å². The second kappa shape index (κ2) is 4.13. The minimum Gasteiger partial charge on any atom is -0.481 e. The molecule has 1 aromatic carbocycles. The number of benzene rings is 1. The van der Waals surface area contributed by atoms with Crippen LogP contribution in [0, 0.1) is 5.41 Å². The third-order valence-electron chi connectivity index (χ3n) is 2.53. The van der Waals surface area contributed by atoms with Crippen molar-refractivity contribution in [3.63, 3.8) is 0 Å². The van der Waals surface area contributed by atoms with Gasteiger partial charge >= 0.3 is 5.97 Å². The van der Waals surface area contributed by atoms with Gasteiger partial charge in [0, 0.05) is 10.0 Å². The van der Waals surface area contributed by atoms with Crippen LogP contribution in [0.3, 0.4) is 0 Å². The van der Waals surface area contributed by atoms with Gasteiger partial charge < -0.3 is 5.11 Å². The van der Waals surface area contributed by atoms with Gasteiger partial charge in [-0.05, 0) is 19.9 Å². The highest BCUT2D eigenvalue weighted by molar-refractivity contribution is 9.10. The largest absolute Gasteiger partial charge is 0.481 e. The number of carbonyl (C=O) groups is 1. The molecule has 0 aromatic heterocycles. The van der Waals surface area contributed by atoms with E-state index in [2.05, 4.69) is 15.9 Å². The number of rotatable bonds is 3. The number of alkyl halides is 2. The normalized spacial score (nSPS) is 12.6. The van der Waals surface area contributed by atoms with Crippen LogP contribution in [0.15, 0.2) is 28.7 Å². The molecule has 0 unspecified atom stereocenters. The van der Waals surface area contributed by atoms with Crippen molar-refractivity contribution in [2.24, 2.45) is 5.41 Å². The number of halogens is 3. The molecule has 0 heterocycles. The maximum Gasteiger partial charge on any atom is 0.315 e. The van der Waals surface area contributed by atoms with Crippen molar-refractivity contribution in [2.75, 3.05) is 0 Å². The predicted molar refractivity (Wildman–Crippen MR) is 59.5 cm³/mol. The molecule has 0 amide bonds. The van der Waals surface area contributed by atoms with Gasteiger partial charge in [0.05, 0.1) is 0 Å². The van der Waals surface area contributed by atoms with Gasteiger partial charge in [-0.25, -0.2) is 8.78 Å². The zero-order valence-electron chi connectivity index (χ0n) is 8.80. The van der Waals surface area contributed by atoms with Gasteiger partial charge in [0.15, 0.2) is 0 Å². The van der Waals surface area contributed by atoms with Crippen LogP contribution in [0.1, 0.15) is 19.4 Å². The second-order valence-corrected chi connectivity index (χ2v) is 4.84. The van der Waals surface area contributed by atoms with E-state index in [0.717, 1.165) is 13.8 Å². The smallest absolute Gasteiger partial charge is 0.315 e. The lowest BCUT2D eigenvalue weighted by atomic mass is 9.81. The summed E-state index contributed by atoms with van der Waals surface area (Å²) in [6.45, 7) is 2.02. The molecule has 16 heavy (non-hydrogen) atoms. The molecule has 0 fully saturated rings. The quantitative estimate of drug-likeness (QED) is 0.923. The zero-order chi connectivity index (χ0) is 12.6. The lowest BCUT2D eigenvalue weighted by molar-refractivity contribution is -0.175. The Bertz CT molecular complexity index is 416. The van der Waals surface area contributed by atoms with Gasteiger partial charge in [-0.15, -0.1) is 0 Å². The predicted octanol–water partition coefficient (Wildman–Crippen LogP) is 3.65. The first-order valence-corrected chi connectivity index (χ1v) is 5.37. The molecule has 0 bridgehead atoms. The zero-order valence-corrected chi connectivity index (χ0v) is 10.4. The van der Waals surface area contributed by atoms with Crippen molar-refractivity contribution in [3.8, 4) is 0 Å². The number of carboxylic acids is 1. The molecule has 0 atom stereocenters. The molecule has 0 saturated carbocycles. The van der Waals surface area contributed by atoms with Crippen LogP contribution >= 0.6 is 15.9 Å². The fourth-order valence-corrected chi connectivity index (χ4v) is 1.72. The fraction of sp³-hybridized carbons (Fsp3) is 0.364. The lowest BCUT2D eigenvalue weighted by Crippen LogP contribution is -2.41. The first kappa shape index (κ1) is 13.1. The van der Waals surface area contributed by atoms with E-state index in [4.69, 9.17) is 5.11 Å². The number of hydrogen-bond acceptors (Lipinski definition) is 1. The fourth-order valence-electron chi connectivity index (χ4n) is 1.19. The summed E-state index contributed by atoms with van der Waals surface area (Å²) < 4.78 is 28.3. The molecule has 0 radical (unpaired) electrons. The summed E-state index contributed by atoms with van der Waals surface area (Å²) >= 11 is 3.00. The highest BCUT2D eigenvalue weighted by Crippen LogP contribution is 2.47.